The second-order valence-corrected chi connectivity index (χ2v) is 5.03. The summed E-state index contributed by atoms with van der Waals surface area (Å²) in [5, 5.41) is 6.78. The molecule has 7 nitrogen and oxygen atoms in total. The topological polar surface area (TPSA) is 80.5 Å². The van der Waals surface area contributed by atoms with Gasteiger partial charge in [-0.3, -0.25) is 9.69 Å². The lowest BCUT2D eigenvalue weighted by molar-refractivity contribution is -0.124. The van der Waals surface area contributed by atoms with Crippen molar-refractivity contribution in [2.75, 3.05) is 26.2 Å². The first kappa shape index (κ1) is 14.5. The number of carbonyl (C=O) groups is 1. The van der Waals surface area contributed by atoms with Gasteiger partial charge < -0.3 is 14.6 Å². The highest BCUT2D eigenvalue weighted by molar-refractivity contribution is 5.78. The molecule has 1 aromatic carbocycles. The predicted molar refractivity (Wildman–Crippen MR) is 79.2 cm³/mol. The van der Waals surface area contributed by atoms with Crippen LogP contribution in [0.15, 0.2) is 28.8 Å². The molecule has 1 saturated heterocycles. The maximum Gasteiger partial charge on any atom is 0.241 e. The number of aromatic nitrogens is 2. The van der Waals surface area contributed by atoms with E-state index in [0.29, 0.717) is 38.0 Å². The van der Waals surface area contributed by atoms with Crippen molar-refractivity contribution in [1.29, 1.82) is 0 Å². The molecular weight excluding hydrogens is 284 g/mol. The molecule has 0 unspecified atom stereocenters. The molecule has 1 aliphatic rings. The van der Waals surface area contributed by atoms with Gasteiger partial charge in [0.05, 0.1) is 19.7 Å². The van der Waals surface area contributed by atoms with E-state index in [1.807, 2.05) is 36.1 Å². The summed E-state index contributed by atoms with van der Waals surface area (Å²) in [6.45, 7) is 4.86. The van der Waals surface area contributed by atoms with E-state index < -0.39 is 0 Å². The molecule has 2 heterocycles. The minimum Gasteiger partial charge on any atom is -0.494 e. The number of amides is 1. The largest absolute Gasteiger partial charge is 0.494 e. The summed E-state index contributed by atoms with van der Waals surface area (Å²) in [5.41, 5.74) is 0.870. The molecule has 0 bridgehead atoms. The van der Waals surface area contributed by atoms with Crippen molar-refractivity contribution in [2.24, 2.45) is 0 Å². The minimum absolute atomic E-state index is 0.0255. The van der Waals surface area contributed by atoms with Gasteiger partial charge in [-0.15, -0.1) is 0 Å². The molecular formula is C15H18N4O3. The SMILES string of the molecule is CCOc1ccc(-c2noc(CN3CCNC(=O)C3)n2)cc1. The number of nitrogens with one attached hydrogen (secondary N) is 1. The highest BCUT2D eigenvalue weighted by Gasteiger charge is 2.19. The van der Waals surface area contributed by atoms with Crippen molar-refractivity contribution in [3.63, 3.8) is 0 Å². The number of hydrogen-bond acceptors (Lipinski definition) is 6. The molecule has 1 aliphatic heterocycles. The number of nitrogens with zero attached hydrogens (tertiary/aromatic N) is 3. The number of benzene rings is 1. The van der Waals surface area contributed by atoms with Crippen molar-refractivity contribution >= 4 is 5.91 Å². The molecule has 2 aromatic rings. The zero-order chi connectivity index (χ0) is 15.4. The van der Waals surface area contributed by atoms with Crippen LogP contribution in [0.25, 0.3) is 11.4 Å². The molecule has 1 N–H and O–H groups in total. The van der Waals surface area contributed by atoms with E-state index in [1.54, 1.807) is 0 Å². The van der Waals surface area contributed by atoms with Gasteiger partial charge >= 0.3 is 0 Å². The van der Waals surface area contributed by atoms with Gasteiger partial charge in [-0.25, -0.2) is 0 Å². The molecule has 0 aliphatic carbocycles. The van der Waals surface area contributed by atoms with Gasteiger partial charge in [0, 0.05) is 18.7 Å². The van der Waals surface area contributed by atoms with Crippen LogP contribution in [0.4, 0.5) is 0 Å². The predicted octanol–water partition coefficient (Wildman–Crippen LogP) is 1.07. The van der Waals surface area contributed by atoms with Crippen LogP contribution in [-0.4, -0.2) is 47.2 Å². The Kier molecular flexibility index (Phi) is 4.34. The van der Waals surface area contributed by atoms with E-state index in [1.165, 1.54) is 0 Å². The molecule has 3 rings (SSSR count). The second-order valence-electron chi connectivity index (χ2n) is 5.03. The Balaban J connectivity index is 1.66. The van der Waals surface area contributed by atoms with Crippen LogP contribution in [0.5, 0.6) is 5.75 Å². The van der Waals surface area contributed by atoms with E-state index in [9.17, 15) is 4.79 Å². The van der Waals surface area contributed by atoms with Crippen molar-refractivity contribution in [1.82, 2.24) is 20.4 Å². The maximum absolute atomic E-state index is 11.3. The van der Waals surface area contributed by atoms with Crippen molar-refractivity contribution < 1.29 is 14.1 Å². The molecule has 0 radical (unpaired) electrons. The van der Waals surface area contributed by atoms with Crippen molar-refractivity contribution in [3.05, 3.63) is 30.2 Å². The Morgan fingerprint density at radius 3 is 2.91 bits per heavy atom. The number of rotatable bonds is 5. The number of ether oxygens (including phenoxy) is 1. The van der Waals surface area contributed by atoms with Crippen molar-refractivity contribution in [2.45, 2.75) is 13.5 Å². The summed E-state index contributed by atoms with van der Waals surface area (Å²) in [6, 6.07) is 7.55. The normalized spacial score (nSPS) is 15.6. The van der Waals surface area contributed by atoms with E-state index in [-0.39, 0.29) is 5.91 Å². The molecule has 1 amide bonds. The first-order valence-corrected chi connectivity index (χ1v) is 7.29. The summed E-state index contributed by atoms with van der Waals surface area (Å²) in [4.78, 5) is 17.7. The average molecular weight is 302 g/mol. The summed E-state index contributed by atoms with van der Waals surface area (Å²) in [5.74, 6) is 1.89. The zero-order valence-electron chi connectivity index (χ0n) is 12.4. The lowest BCUT2D eigenvalue weighted by atomic mass is 10.2. The van der Waals surface area contributed by atoms with Gasteiger partial charge in [-0.2, -0.15) is 4.98 Å². The minimum atomic E-state index is 0.0255. The van der Waals surface area contributed by atoms with Crippen molar-refractivity contribution in [3.8, 4) is 17.1 Å². The molecule has 7 heteroatoms. The standard InChI is InChI=1S/C15H18N4O3/c1-2-21-12-5-3-11(4-6-12)15-17-14(22-18-15)10-19-8-7-16-13(20)9-19/h3-6H,2,7-10H2,1H3,(H,16,20). The fourth-order valence-electron chi connectivity index (χ4n) is 2.32. The van der Waals surface area contributed by atoms with Gasteiger partial charge in [0.25, 0.3) is 0 Å². The number of carbonyl (C=O) groups excluding carboxylic acids is 1. The van der Waals surface area contributed by atoms with Crippen LogP contribution < -0.4 is 10.1 Å². The fraction of sp³-hybridized carbons (Fsp3) is 0.400. The van der Waals surface area contributed by atoms with Crippen LogP contribution in [0.3, 0.4) is 0 Å². The molecule has 22 heavy (non-hydrogen) atoms. The Bertz CT molecular complexity index is 638. The van der Waals surface area contributed by atoms with Crippen LogP contribution in [0, 0.1) is 0 Å². The lowest BCUT2D eigenvalue weighted by Gasteiger charge is -2.24. The third kappa shape index (κ3) is 3.43. The summed E-state index contributed by atoms with van der Waals surface area (Å²) < 4.78 is 10.7. The van der Waals surface area contributed by atoms with Gasteiger partial charge in [-0.1, -0.05) is 5.16 Å². The second kappa shape index (κ2) is 6.57. The van der Waals surface area contributed by atoms with Gasteiger partial charge in [0.2, 0.25) is 17.6 Å². The third-order valence-corrected chi connectivity index (χ3v) is 3.37. The van der Waals surface area contributed by atoms with Crippen LogP contribution in [0.2, 0.25) is 0 Å². The summed E-state index contributed by atoms with van der Waals surface area (Å²) in [6.07, 6.45) is 0. The van der Waals surface area contributed by atoms with Crippen LogP contribution in [0.1, 0.15) is 12.8 Å². The molecule has 1 aromatic heterocycles. The maximum atomic E-state index is 11.3. The molecule has 0 saturated carbocycles. The van der Waals surface area contributed by atoms with E-state index in [4.69, 9.17) is 9.26 Å². The lowest BCUT2D eigenvalue weighted by Crippen LogP contribution is -2.47. The van der Waals surface area contributed by atoms with Gasteiger partial charge in [0.1, 0.15) is 5.75 Å². The Morgan fingerprint density at radius 2 is 2.18 bits per heavy atom. The van der Waals surface area contributed by atoms with Crippen LogP contribution >= 0.6 is 0 Å². The van der Waals surface area contributed by atoms with E-state index >= 15 is 0 Å². The first-order valence-electron chi connectivity index (χ1n) is 7.29. The quantitative estimate of drug-likeness (QED) is 0.890. The zero-order valence-corrected chi connectivity index (χ0v) is 12.4. The fourth-order valence-corrected chi connectivity index (χ4v) is 2.32. The monoisotopic (exact) mass is 302 g/mol. The van der Waals surface area contributed by atoms with Crippen LogP contribution in [-0.2, 0) is 11.3 Å². The Hall–Kier alpha value is -2.41. The molecule has 0 atom stereocenters. The molecule has 0 spiro atoms. The average Bonchev–Trinajstić information content (AvgIpc) is 2.97. The van der Waals surface area contributed by atoms with E-state index in [2.05, 4.69) is 15.5 Å². The first-order chi connectivity index (χ1) is 10.7. The highest BCUT2D eigenvalue weighted by atomic mass is 16.5. The summed E-state index contributed by atoms with van der Waals surface area (Å²) in [7, 11) is 0. The Labute approximate surface area is 128 Å². The summed E-state index contributed by atoms with van der Waals surface area (Å²) >= 11 is 0. The number of piperazine rings is 1. The van der Waals surface area contributed by atoms with Gasteiger partial charge in [0.15, 0.2) is 0 Å². The highest BCUT2D eigenvalue weighted by Crippen LogP contribution is 2.20. The van der Waals surface area contributed by atoms with E-state index in [0.717, 1.165) is 17.9 Å². The Morgan fingerprint density at radius 1 is 1.36 bits per heavy atom. The number of hydrogen-bond donors (Lipinski definition) is 1. The van der Waals surface area contributed by atoms with Gasteiger partial charge in [-0.05, 0) is 31.2 Å². The third-order valence-electron chi connectivity index (χ3n) is 3.37. The molecule has 1 fully saturated rings. The smallest absolute Gasteiger partial charge is 0.241 e. The molecule has 116 valence electrons.